The third-order valence-corrected chi connectivity index (χ3v) is 4.66. The number of hydrogen-bond donors (Lipinski definition) is 1. The molecule has 0 spiro atoms. The molecule has 1 nitrogen and oxygen atoms in total. The minimum Gasteiger partial charge on any atom is -0.313 e. The van der Waals surface area contributed by atoms with Gasteiger partial charge >= 0.3 is 0 Å². The van der Waals surface area contributed by atoms with Gasteiger partial charge in [0.1, 0.15) is 0 Å². The molecule has 0 aliphatic carbocycles. The zero-order valence-electron chi connectivity index (χ0n) is 13.9. The molecule has 114 valence electrons. The third-order valence-electron chi connectivity index (χ3n) is 4.66. The van der Waals surface area contributed by atoms with Gasteiger partial charge in [-0.25, -0.2) is 0 Å². The molecule has 0 fully saturated rings. The second kappa shape index (κ2) is 7.61. The second-order valence-corrected chi connectivity index (χ2v) is 6.51. The van der Waals surface area contributed by atoms with E-state index < -0.39 is 0 Å². The van der Waals surface area contributed by atoms with Crippen LogP contribution in [-0.2, 0) is 6.42 Å². The molecular weight excluding hydrogens is 254 g/mol. The number of benzene rings is 2. The summed E-state index contributed by atoms with van der Waals surface area (Å²) in [7, 11) is 0. The molecular formula is C20H29N. The zero-order valence-corrected chi connectivity index (χ0v) is 13.9. The van der Waals surface area contributed by atoms with E-state index in [1.165, 1.54) is 22.8 Å². The smallest absolute Gasteiger partial charge is 0.0136 e. The van der Waals surface area contributed by atoms with Crippen molar-refractivity contribution in [2.24, 2.45) is 11.8 Å². The average molecular weight is 283 g/mol. The van der Waals surface area contributed by atoms with Gasteiger partial charge in [-0.3, -0.25) is 0 Å². The molecule has 2 rings (SSSR count). The Morgan fingerprint density at radius 3 is 2.38 bits per heavy atom. The molecule has 2 unspecified atom stereocenters. The van der Waals surface area contributed by atoms with E-state index in [1.54, 1.807) is 0 Å². The highest BCUT2D eigenvalue weighted by atomic mass is 14.9. The van der Waals surface area contributed by atoms with E-state index in [0.717, 1.165) is 13.0 Å². The van der Waals surface area contributed by atoms with E-state index in [9.17, 15) is 0 Å². The topological polar surface area (TPSA) is 12.0 Å². The summed E-state index contributed by atoms with van der Waals surface area (Å²) in [5.74, 6) is 1.38. The zero-order chi connectivity index (χ0) is 15.2. The van der Waals surface area contributed by atoms with E-state index in [4.69, 9.17) is 0 Å². The Morgan fingerprint density at radius 2 is 1.67 bits per heavy atom. The Labute approximate surface area is 129 Å². The lowest BCUT2D eigenvalue weighted by atomic mass is 9.85. The van der Waals surface area contributed by atoms with Crippen LogP contribution in [0.25, 0.3) is 10.8 Å². The molecule has 1 N–H and O–H groups in total. The van der Waals surface area contributed by atoms with Crippen molar-refractivity contribution >= 4 is 10.8 Å². The summed E-state index contributed by atoms with van der Waals surface area (Å²) in [5, 5.41) is 6.51. The van der Waals surface area contributed by atoms with Crippen molar-refractivity contribution < 1.29 is 0 Å². The van der Waals surface area contributed by atoms with Crippen molar-refractivity contribution in [2.45, 2.75) is 46.6 Å². The van der Waals surface area contributed by atoms with Crippen molar-refractivity contribution in [1.82, 2.24) is 5.32 Å². The van der Waals surface area contributed by atoms with Gasteiger partial charge in [0.25, 0.3) is 0 Å². The normalized spacial score (nSPS) is 14.5. The molecule has 0 aliphatic heterocycles. The van der Waals surface area contributed by atoms with Crippen molar-refractivity contribution in [3.8, 4) is 0 Å². The van der Waals surface area contributed by atoms with Crippen LogP contribution in [0.4, 0.5) is 0 Å². The van der Waals surface area contributed by atoms with Gasteiger partial charge in [0, 0.05) is 6.04 Å². The van der Waals surface area contributed by atoms with Gasteiger partial charge in [0.15, 0.2) is 0 Å². The number of nitrogens with one attached hydrogen (secondary N) is 1. The van der Waals surface area contributed by atoms with E-state index >= 15 is 0 Å². The molecule has 0 saturated heterocycles. The van der Waals surface area contributed by atoms with Crippen LogP contribution in [0.2, 0.25) is 0 Å². The molecule has 0 aromatic heterocycles. The molecule has 1 heteroatoms. The standard InChI is InChI=1S/C20H29N/c1-5-13-21-20(16(4)15(2)3)14-18-11-8-10-17-9-6-7-12-19(17)18/h6-12,15-16,20-21H,5,13-14H2,1-4H3. The minimum absolute atomic E-state index is 0.552. The van der Waals surface area contributed by atoms with Gasteiger partial charge < -0.3 is 5.32 Å². The summed E-state index contributed by atoms with van der Waals surface area (Å²) in [6.07, 6.45) is 2.30. The molecule has 21 heavy (non-hydrogen) atoms. The second-order valence-electron chi connectivity index (χ2n) is 6.51. The van der Waals surface area contributed by atoms with Crippen LogP contribution in [0.3, 0.4) is 0 Å². The maximum Gasteiger partial charge on any atom is 0.0136 e. The van der Waals surface area contributed by atoms with Crippen LogP contribution in [-0.4, -0.2) is 12.6 Å². The average Bonchev–Trinajstić information content (AvgIpc) is 2.50. The van der Waals surface area contributed by atoms with E-state index in [0.29, 0.717) is 17.9 Å². The predicted molar refractivity (Wildman–Crippen MR) is 93.7 cm³/mol. The molecule has 0 radical (unpaired) electrons. The van der Waals surface area contributed by atoms with Crippen molar-refractivity contribution in [2.75, 3.05) is 6.54 Å². The molecule has 2 aromatic carbocycles. The van der Waals surface area contributed by atoms with Crippen molar-refractivity contribution in [1.29, 1.82) is 0 Å². The van der Waals surface area contributed by atoms with Gasteiger partial charge in [-0.2, -0.15) is 0 Å². The van der Waals surface area contributed by atoms with Gasteiger partial charge in [-0.1, -0.05) is 70.2 Å². The van der Waals surface area contributed by atoms with Crippen LogP contribution in [0.15, 0.2) is 42.5 Å². The van der Waals surface area contributed by atoms with Crippen LogP contribution in [0, 0.1) is 11.8 Å². The Hall–Kier alpha value is -1.34. The third kappa shape index (κ3) is 4.07. The fraction of sp³-hybridized carbons (Fsp3) is 0.500. The fourth-order valence-corrected chi connectivity index (χ4v) is 2.95. The Morgan fingerprint density at radius 1 is 0.952 bits per heavy atom. The van der Waals surface area contributed by atoms with Crippen LogP contribution < -0.4 is 5.32 Å². The number of hydrogen-bond acceptors (Lipinski definition) is 1. The van der Waals surface area contributed by atoms with Crippen molar-refractivity contribution in [3.05, 3.63) is 48.0 Å². The first kappa shape index (κ1) is 16.0. The highest BCUT2D eigenvalue weighted by Crippen LogP contribution is 2.23. The Balaban J connectivity index is 2.25. The molecule has 2 atom stereocenters. The first-order chi connectivity index (χ1) is 10.1. The van der Waals surface area contributed by atoms with E-state index in [-0.39, 0.29) is 0 Å². The predicted octanol–water partition coefficient (Wildman–Crippen LogP) is 5.04. The lowest BCUT2D eigenvalue weighted by Gasteiger charge is -2.28. The highest BCUT2D eigenvalue weighted by Gasteiger charge is 2.20. The quantitative estimate of drug-likeness (QED) is 0.750. The SMILES string of the molecule is CCCNC(Cc1cccc2ccccc12)C(C)C(C)C. The van der Waals surface area contributed by atoms with E-state index in [1.807, 2.05) is 0 Å². The molecule has 0 aliphatic rings. The summed E-state index contributed by atoms with van der Waals surface area (Å²) in [6, 6.07) is 16.0. The van der Waals surface area contributed by atoms with Crippen LogP contribution in [0.5, 0.6) is 0 Å². The summed E-state index contributed by atoms with van der Waals surface area (Å²) in [4.78, 5) is 0. The molecule has 0 heterocycles. The lowest BCUT2D eigenvalue weighted by Crippen LogP contribution is -2.39. The first-order valence-corrected chi connectivity index (χ1v) is 8.33. The summed E-state index contributed by atoms with van der Waals surface area (Å²) >= 11 is 0. The minimum atomic E-state index is 0.552. The van der Waals surface area contributed by atoms with Gasteiger partial charge in [-0.05, 0) is 47.6 Å². The largest absolute Gasteiger partial charge is 0.313 e. The lowest BCUT2D eigenvalue weighted by molar-refractivity contribution is 0.297. The first-order valence-electron chi connectivity index (χ1n) is 8.33. The maximum atomic E-state index is 3.76. The van der Waals surface area contributed by atoms with Crippen LogP contribution >= 0.6 is 0 Å². The Kier molecular flexibility index (Phi) is 5.81. The maximum absolute atomic E-state index is 3.76. The van der Waals surface area contributed by atoms with Gasteiger partial charge in [0.2, 0.25) is 0 Å². The monoisotopic (exact) mass is 283 g/mol. The summed E-state index contributed by atoms with van der Waals surface area (Å²) in [5.41, 5.74) is 1.47. The van der Waals surface area contributed by atoms with Crippen LogP contribution in [0.1, 0.15) is 39.7 Å². The Bertz CT molecular complexity index is 553. The van der Waals surface area contributed by atoms with E-state index in [2.05, 4.69) is 75.5 Å². The fourth-order valence-electron chi connectivity index (χ4n) is 2.95. The van der Waals surface area contributed by atoms with Gasteiger partial charge in [-0.15, -0.1) is 0 Å². The van der Waals surface area contributed by atoms with Crippen molar-refractivity contribution in [3.63, 3.8) is 0 Å². The van der Waals surface area contributed by atoms with Gasteiger partial charge in [0.05, 0.1) is 0 Å². The molecule has 0 amide bonds. The molecule has 0 saturated carbocycles. The number of rotatable bonds is 7. The summed E-state index contributed by atoms with van der Waals surface area (Å²) in [6.45, 7) is 10.4. The molecule has 2 aromatic rings. The number of fused-ring (bicyclic) bond motifs is 1. The molecule has 0 bridgehead atoms. The summed E-state index contributed by atoms with van der Waals surface area (Å²) < 4.78 is 0. The highest BCUT2D eigenvalue weighted by molar-refractivity contribution is 5.85.